The number of aromatic nitrogens is 1. The summed E-state index contributed by atoms with van der Waals surface area (Å²) in [5, 5.41) is 13.5. The molecule has 0 spiro atoms. The molecule has 6 nitrogen and oxygen atoms in total. The lowest BCUT2D eigenvalue weighted by atomic mass is 10.1. The zero-order chi connectivity index (χ0) is 14.5. The van der Waals surface area contributed by atoms with Gasteiger partial charge in [0.15, 0.2) is 0 Å². The van der Waals surface area contributed by atoms with E-state index in [1.165, 1.54) is 13.0 Å². The molecule has 0 unspecified atom stereocenters. The Morgan fingerprint density at radius 2 is 2.15 bits per heavy atom. The normalized spacial score (nSPS) is 10.1. The lowest BCUT2D eigenvalue weighted by molar-refractivity contribution is -0.384. The van der Waals surface area contributed by atoms with Gasteiger partial charge in [-0.2, -0.15) is 0 Å². The molecule has 1 heterocycles. The molecule has 6 heteroatoms. The summed E-state index contributed by atoms with van der Waals surface area (Å²) in [5.41, 5.74) is 1.85. The number of hydrogen-bond donors (Lipinski definition) is 1. The Bertz CT molecular complexity index is 641. The average molecular weight is 271 g/mol. The van der Waals surface area contributed by atoms with Crippen molar-refractivity contribution in [2.45, 2.75) is 13.3 Å². The van der Waals surface area contributed by atoms with Crippen molar-refractivity contribution in [2.75, 3.05) is 5.32 Å². The molecule has 1 N–H and O–H groups in total. The van der Waals surface area contributed by atoms with Gasteiger partial charge in [0, 0.05) is 25.4 Å². The number of nitro groups is 1. The number of nitro benzene ring substituents is 1. The van der Waals surface area contributed by atoms with Crippen LogP contribution in [0.2, 0.25) is 0 Å². The fourth-order valence-electron chi connectivity index (χ4n) is 1.87. The number of carbonyl (C=O) groups excluding carboxylic acids is 1. The van der Waals surface area contributed by atoms with Crippen molar-refractivity contribution < 1.29 is 9.72 Å². The van der Waals surface area contributed by atoms with Crippen LogP contribution in [-0.2, 0) is 11.2 Å². The molecule has 0 aliphatic heterocycles. The molecule has 0 radical (unpaired) electrons. The van der Waals surface area contributed by atoms with E-state index in [0.717, 1.165) is 11.1 Å². The number of carbonyl (C=O) groups is 1. The molecular weight excluding hydrogens is 258 g/mol. The Labute approximate surface area is 115 Å². The summed E-state index contributed by atoms with van der Waals surface area (Å²) in [6.45, 7) is 1.31. The highest BCUT2D eigenvalue weighted by Crippen LogP contribution is 2.26. The first-order valence-electron chi connectivity index (χ1n) is 6.00. The second kappa shape index (κ2) is 5.92. The van der Waals surface area contributed by atoms with Gasteiger partial charge in [0.05, 0.1) is 4.92 Å². The number of benzene rings is 1. The third-order valence-corrected chi connectivity index (χ3v) is 2.70. The zero-order valence-corrected chi connectivity index (χ0v) is 10.9. The zero-order valence-electron chi connectivity index (χ0n) is 10.9. The smallest absolute Gasteiger partial charge is 0.293 e. The minimum Gasteiger partial charge on any atom is -0.321 e. The quantitative estimate of drug-likeness (QED) is 0.684. The van der Waals surface area contributed by atoms with Gasteiger partial charge in [0.25, 0.3) is 5.69 Å². The highest BCUT2D eigenvalue weighted by Gasteiger charge is 2.15. The molecule has 0 aliphatic carbocycles. The Morgan fingerprint density at radius 3 is 2.75 bits per heavy atom. The Kier molecular flexibility index (Phi) is 4.05. The maximum atomic E-state index is 11.0. The minimum absolute atomic E-state index is 0.110. The predicted molar refractivity (Wildman–Crippen MR) is 74.4 cm³/mol. The number of pyridine rings is 1. The van der Waals surface area contributed by atoms with E-state index >= 15 is 0 Å². The summed E-state index contributed by atoms with van der Waals surface area (Å²) < 4.78 is 0. The molecule has 1 aromatic carbocycles. The Hall–Kier alpha value is -2.76. The van der Waals surface area contributed by atoms with Gasteiger partial charge in [-0.05, 0) is 29.7 Å². The predicted octanol–water partition coefficient (Wildman–Crippen LogP) is 2.54. The molecule has 0 saturated heterocycles. The van der Waals surface area contributed by atoms with Gasteiger partial charge in [-0.1, -0.05) is 12.1 Å². The van der Waals surface area contributed by atoms with Crippen molar-refractivity contribution >= 4 is 17.3 Å². The second-order valence-electron chi connectivity index (χ2n) is 4.33. The number of anilines is 1. The molecule has 1 amide bonds. The van der Waals surface area contributed by atoms with Crippen LogP contribution in [0, 0.1) is 10.1 Å². The number of amides is 1. The SMILES string of the molecule is CC(=O)Nc1ccc(Cc2cccnc2)cc1[N+](=O)[O-]. The largest absolute Gasteiger partial charge is 0.321 e. The first-order valence-corrected chi connectivity index (χ1v) is 6.00. The first kappa shape index (κ1) is 13.7. The number of nitrogens with zero attached hydrogens (tertiary/aromatic N) is 2. The molecule has 2 aromatic rings. The van der Waals surface area contributed by atoms with E-state index in [9.17, 15) is 14.9 Å². The number of rotatable bonds is 4. The molecule has 0 fully saturated rings. The van der Waals surface area contributed by atoms with Crippen molar-refractivity contribution in [1.82, 2.24) is 4.98 Å². The number of hydrogen-bond acceptors (Lipinski definition) is 4. The van der Waals surface area contributed by atoms with Crippen LogP contribution >= 0.6 is 0 Å². The molecule has 20 heavy (non-hydrogen) atoms. The van der Waals surface area contributed by atoms with E-state index in [0.29, 0.717) is 6.42 Å². The van der Waals surface area contributed by atoms with Crippen molar-refractivity contribution in [3.63, 3.8) is 0 Å². The van der Waals surface area contributed by atoms with E-state index in [2.05, 4.69) is 10.3 Å². The molecule has 0 aliphatic rings. The van der Waals surface area contributed by atoms with Gasteiger partial charge in [-0.3, -0.25) is 19.9 Å². The van der Waals surface area contributed by atoms with E-state index in [1.807, 2.05) is 12.1 Å². The fraction of sp³-hybridized carbons (Fsp3) is 0.143. The molecule has 2 rings (SSSR count). The molecular formula is C14H13N3O3. The summed E-state index contributed by atoms with van der Waals surface area (Å²) in [4.78, 5) is 25.6. The standard InChI is InChI=1S/C14H13N3O3/c1-10(18)16-13-5-4-11(8-14(13)17(19)20)7-12-3-2-6-15-9-12/h2-6,8-9H,7H2,1H3,(H,16,18). The topological polar surface area (TPSA) is 85.1 Å². The lowest BCUT2D eigenvalue weighted by Gasteiger charge is -2.06. The monoisotopic (exact) mass is 271 g/mol. The minimum atomic E-state index is -0.502. The van der Waals surface area contributed by atoms with Crippen LogP contribution in [0.25, 0.3) is 0 Å². The van der Waals surface area contributed by atoms with Gasteiger partial charge in [-0.15, -0.1) is 0 Å². The highest BCUT2D eigenvalue weighted by atomic mass is 16.6. The third kappa shape index (κ3) is 3.38. The molecule has 0 bridgehead atoms. The van der Waals surface area contributed by atoms with Crippen LogP contribution in [-0.4, -0.2) is 15.8 Å². The fourth-order valence-corrected chi connectivity index (χ4v) is 1.87. The molecule has 0 saturated carbocycles. The molecule has 102 valence electrons. The van der Waals surface area contributed by atoms with Crippen LogP contribution in [0.3, 0.4) is 0 Å². The van der Waals surface area contributed by atoms with Crippen LogP contribution in [0.5, 0.6) is 0 Å². The summed E-state index contributed by atoms with van der Waals surface area (Å²) in [7, 11) is 0. The Balaban J connectivity index is 2.30. The van der Waals surface area contributed by atoms with Crippen LogP contribution in [0.1, 0.15) is 18.1 Å². The van der Waals surface area contributed by atoms with E-state index in [4.69, 9.17) is 0 Å². The molecule has 1 aromatic heterocycles. The lowest BCUT2D eigenvalue weighted by Crippen LogP contribution is -2.08. The van der Waals surface area contributed by atoms with E-state index < -0.39 is 4.92 Å². The van der Waals surface area contributed by atoms with E-state index in [1.54, 1.807) is 24.5 Å². The first-order chi connectivity index (χ1) is 9.56. The average Bonchev–Trinajstić information content (AvgIpc) is 2.41. The maximum absolute atomic E-state index is 11.0. The van der Waals surface area contributed by atoms with Gasteiger partial charge in [0.1, 0.15) is 5.69 Å². The van der Waals surface area contributed by atoms with Gasteiger partial charge in [-0.25, -0.2) is 0 Å². The van der Waals surface area contributed by atoms with Crippen LogP contribution in [0.15, 0.2) is 42.7 Å². The third-order valence-electron chi connectivity index (χ3n) is 2.70. The van der Waals surface area contributed by atoms with Crippen molar-refractivity contribution in [3.05, 3.63) is 64.0 Å². The second-order valence-corrected chi connectivity index (χ2v) is 4.33. The van der Waals surface area contributed by atoms with Crippen LogP contribution < -0.4 is 5.32 Å². The van der Waals surface area contributed by atoms with E-state index in [-0.39, 0.29) is 17.3 Å². The summed E-state index contributed by atoms with van der Waals surface area (Å²) in [6.07, 6.45) is 3.94. The van der Waals surface area contributed by atoms with Gasteiger partial charge < -0.3 is 5.32 Å². The molecule has 0 atom stereocenters. The van der Waals surface area contributed by atoms with Crippen molar-refractivity contribution in [3.8, 4) is 0 Å². The van der Waals surface area contributed by atoms with Crippen molar-refractivity contribution in [1.29, 1.82) is 0 Å². The summed E-state index contributed by atoms with van der Waals surface area (Å²) >= 11 is 0. The summed E-state index contributed by atoms with van der Waals surface area (Å²) in [5.74, 6) is -0.340. The maximum Gasteiger partial charge on any atom is 0.293 e. The van der Waals surface area contributed by atoms with Crippen molar-refractivity contribution in [2.24, 2.45) is 0 Å². The van der Waals surface area contributed by atoms with Crippen LogP contribution in [0.4, 0.5) is 11.4 Å². The summed E-state index contributed by atoms with van der Waals surface area (Å²) in [6, 6.07) is 8.49. The highest BCUT2D eigenvalue weighted by molar-refractivity contribution is 5.91. The van der Waals surface area contributed by atoms with Gasteiger partial charge in [0.2, 0.25) is 5.91 Å². The number of nitrogens with one attached hydrogen (secondary N) is 1. The Morgan fingerprint density at radius 1 is 1.35 bits per heavy atom. The van der Waals surface area contributed by atoms with Gasteiger partial charge >= 0.3 is 0 Å².